The number of nitrogens with one attached hydrogen (secondary N) is 1. The zero-order valence-corrected chi connectivity index (χ0v) is 14.4. The summed E-state index contributed by atoms with van der Waals surface area (Å²) in [6.07, 6.45) is 4.76. The molecule has 0 amide bonds. The zero-order valence-electron chi connectivity index (χ0n) is 13.6. The summed E-state index contributed by atoms with van der Waals surface area (Å²) in [4.78, 5) is 17.0. The number of hydrogen-bond donors (Lipinski definition) is 1. The lowest BCUT2D eigenvalue weighted by Crippen LogP contribution is -2.25. The summed E-state index contributed by atoms with van der Waals surface area (Å²) in [5.74, 6) is 0. The Morgan fingerprint density at radius 2 is 2.32 bits per heavy atom. The molecular weight excluding hydrogens is 336 g/mol. The largest absolute Gasteiger partial charge is 0.380 e. The number of nitrogens with zero attached hydrogens (tertiary/aromatic N) is 3. The predicted octanol–water partition coefficient (Wildman–Crippen LogP) is 3.89. The minimum atomic E-state index is -0.322. The van der Waals surface area contributed by atoms with Gasteiger partial charge in [0.05, 0.1) is 4.92 Å². The molecule has 1 atom stereocenters. The molecule has 2 aromatic heterocycles. The lowest BCUT2D eigenvalue weighted by Gasteiger charge is -2.18. The third-order valence-corrected chi connectivity index (χ3v) is 5.47. The summed E-state index contributed by atoms with van der Waals surface area (Å²) in [6, 6.07) is 10.3. The fraction of sp³-hybridized carbons (Fsp3) is 0.278. The van der Waals surface area contributed by atoms with E-state index in [1.165, 1.54) is 16.7 Å². The summed E-state index contributed by atoms with van der Waals surface area (Å²) in [5.41, 5.74) is 2.16. The van der Waals surface area contributed by atoms with Crippen molar-refractivity contribution in [2.75, 3.05) is 18.4 Å². The third-order valence-electron chi connectivity index (χ3n) is 4.54. The second kappa shape index (κ2) is 6.78. The van der Waals surface area contributed by atoms with Crippen molar-refractivity contribution in [1.29, 1.82) is 0 Å². The van der Waals surface area contributed by atoms with Gasteiger partial charge in [0.2, 0.25) is 0 Å². The molecule has 7 heteroatoms. The van der Waals surface area contributed by atoms with Crippen LogP contribution < -0.4 is 5.32 Å². The van der Waals surface area contributed by atoms with Gasteiger partial charge in [0.15, 0.2) is 0 Å². The van der Waals surface area contributed by atoms with Crippen LogP contribution in [0.2, 0.25) is 0 Å². The molecule has 25 heavy (non-hydrogen) atoms. The van der Waals surface area contributed by atoms with E-state index in [-0.39, 0.29) is 9.92 Å². The van der Waals surface area contributed by atoms with Gasteiger partial charge in [0, 0.05) is 66.0 Å². The Kier molecular flexibility index (Phi) is 4.33. The van der Waals surface area contributed by atoms with Crippen LogP contribution in [-0.2, 0) is 6.54 Å². The number of thiophene rings is 1. The van der Waals surface area contributed by atoms with Crippen molar-refractivity contribution >= 4 is 32.8 Å². The van der Waals surface area contributed by atoms with Crippen molar-refractivity contribution in [2.24, 2.45) is 0 Å². The van der Waals surface area contributed by atoms with Gasteiger partial charge in [-0.05, 0) is 24.1 Å². The minimum Gasteiger partial charge on any atom is -0.380 e. The molecule has 1 aliphatic heterocycles. The molecule has 0 aliphatic carbocycles. The van der Waals surface area contributed by atoms with Crippen LogP contribution >= 0.6 is 11.3 Å². The van der Waals surface area contributed by atoms with E-state index < -0.39 is 0 Å². The maximum atomic E-state index is 10.8. The molecule has 1 aromatic carbocycles. The first-order valence-corrected chi connectivity index (χ1v) is 9.10. The van der Waals surface area contributed by atoms with Gasteiger partial charge in [0.1, 0.15) is 0 Å². The van der Waals surface area contributed by atoms with Crippen LogP contribution in [0.5, 0.6) is 0 Å². The minimum absolute atomic E-state index is 0.216. The van der Waals surface area contributed by atoms with Gasteiger partial charge in [0.25, 0.3) is 0 Å². The van der Waals surface area contributed by atoms with Gasteiger partial charge in [-0.25, -0.2) is 0 Å². The number of hydrogen-bond acceptors (Lipinski definition) is 6. The number of anilines is 1. The fourth-order valence-electron chi connectivity index (χ4n) is 3.36. The Hall–Kier alpha value is -2.51. The molecule has 3 aromatic rings. The van der Waals surface area contributed by atoms with E-state index >= 15 is 0 Å². The maximum absolute atomic E-state index is 10.8. The summed E-state index contributed by atoms with van der Waals surface area (Å²) in [6.45, 7) is 2.70. The number of pyridine rings is 1. The number of likely N-dealkylation sites (tertiary alicyclic amines) is 1. The van der Waals surface area contributed by atoms with E-state index in [0.29, 0.717) is 6.04 Å². The number of rotatable bonds is 5. The second-order valence-electron chi connectivity index (χ2n) is 6.32. The molecule has 1 unspecified atom stereocenters. The Bertz CT molecular complexity index is 905. The second-order valence-corrected chi connectivity index (χ2v) is 7.21. The Morgan fingerprint density at radius 3 is 3.16 bits per heavy atom. The van der Waals surface area contributed by atoms with E-state index in [2.05, 4.69) is 27.3 Å². The van der Waals surface area contributed by atoms with Gasteiger partial charge >= 0.3 is 5.00 Å². The first kappa shape index (κ1) is 16.0. The standard InChI is InChI=1S/C18H18N4O2S/c23-22(24)18-8-13(12-25-18)10-21-7-5-15(11-21)20-17-3-1-2-14-9-19-6-4-16(14)17/h1-4,6,8-9,12,15,20H,5,7,10-11H2. The van der Waals surface area contributed by atoms with Gasteiger partial charge in [-0.3, -0.25) is 20.0 Å². The van der Waals surface area contributed by atoms with Crippen molar-refractivity contribution in [3.63, 3.8) is 0 Å². The Balaban J connectivity index is 1.41. The van der Waals surface area contributed by atoms with E-state index in [4.69, 9.17) is 0 Å². The summed E-state index contributed by atoms with van der Waals surface area (Å²) >= 11 is 1.20. The molecular formula is C18H18N4O2S. The number of nitro groups is 1. The van der Waals surface area contributed by atoms with Crippen molar-refractivity contribution in [1.82, 2.24) is 9.88 Å². The highest BCUT2D eigenvalue weighted by molar-refractivity contribution is 7.13. The highest BCUT2D eigenvalue weighted by Crippen LogP contribution is 2.27. The average molecular weight is 354 g/mol. The topological polar surface area (TPSA) is 71.3 Å². The Labute approximate surface area is 149 Å². The van der Waals surface area contributed by atoms with E-state index in [9.17, 15) is 10.1 Å². The van der Waals surface area contributed by atoms with Crippen molar-refractivity contribution < 1.29 is 4.92 Å². The smallest absolute Gasteiger partial charge is 0.324 e. The third kappa shape index (κ3) is 3.47. The molecule has 0 saturated carbocycles. The van der Waals surface area contributed by atoms with Crippen LogP contribution in [-0.4, -0.2) is 33.9 Å². The van der Waals surface area contributed by atoms with Gasteiger partial charge in [-0.1, -0.05) is 23.5 Å². The van der Waals surface area contributed by atoms with Crippen LogP contribution in [0.3, 0.4) is 0 Å². The molecule has 1 saturated heterocycles. The first-order valence-electron chi connectivity index (χ1n) is 8.22. The highest BCUT2D eigenvalue weighted by atomic mass is 32.1. The molecule has 0 spiro atoms. The van der Waals surface area contributed by atoms with E-state index in [1.54, 1.807) is 6.07 Å². The van der Waals surface area contributed by atoms with Crippen LogP contribution in [0.1, 0.15) is 12.0 Å². The number of benzene rings is 1. The molecule has 0 radical (unpaired) electrons. The normalized spacial score (nSPS) is 17.8. The predicted molar refractivity (Wildman–Crippen MR) is 100 cm³/mol. The van der Waals surface area contributed by atoms with Gasteiger partial charge in [-0.15, -0.1) is 0 Å². The van der Waals surface area contributed by atoms with Crippen molar-refractivity contribution in [2.45, 2.75) is 19.0 Å². The Morgan fingerprint density at radius 1 is 1.40 bits per heavy atom. The summed E-state index contributed by atoms with van der Waals surface area (Å²) < 4.78 is 0. The van der Waals surface area contributed by atoms with E-state index in [1.807, 2.05) is 29.9 Å². The summed E-state index contributed by atoms with van der Waals surface area (Å²) in [5, 5.41) is 18.9. The van der Waals surface area contributed by atoms with Crippen molar-refractivity contribution in [3.8, 4) is 0 Å². The molecule has 1 aliphatic rings. The van der Waals surface area contributed by atoms with Crippen LogP contribution in [0.4, 0.5) is 10.7 Å². The molecule has 3 heterocycles. The number of aromatic nitrogens is 1. The molecule has 4 rings (SSSR count). The van der Waals surface area contributed by atoms with Crippen LogP contribution in [0, 0.1) is 10.1 Å². The first-order chi connectivity index (χ1) is 12.2. The average Bonchev–Trinajstić information content (AvgIpc) is 3.25. The lowest BCUT2D eigenvalue weighted by molar-refractivity contribution is -0.380. The van der Waals surface area contributed by atoms with Gasteiger partial charge < -0.3 is 5.32 Å². The molecule has 1 fully saturated rings. The maximum Gasteiger partial charge on any atom is 0.324 e. The van der Waals surface area contributed by atoms with Crippen LogP contribution in [0.15, 0.2) is 48.1 Å². The molecule has 1 N–H and O–H groups in total. The molecule has 0 bridgehead atoms. The summed E-state index contributed by atoms with van der Waals surface area (Å²) in [7, 11) is 0. The van der Waals surface area contributed by atoms with Crippen LogP contribution in [0.25, 0.3) is 10.8 Å². The SMILES string of the molecule is O=[N+]([O-])c1cc(CN2CCC(Nc3cccc4cnccc34)C2)cs1. The lowest BCUT2D eigenvalue weighted by atomic mass is 10.1. The molecule has 6 nitrogen and oxygen atoms in total. The zero-order chi connectivity index (χ0) is 17.2. The molecule has 128 valence electrons. The number of fused-ring (bicyclic) bond motifs is 1. The van der Waals surface area contributed by atoms with Crippen molar-refractivity contribution in [3.05, 3.63) is 63.8 Å². The quantitative estimate of drug-likeness (QED) is 0.556. The van der Waals surface area contributed by atoms with E-state index in [0.717, 1.165) is 42.7 Å². The monoisotopic (exact) mass is 354 g/mol. The van der Waals surface area contributed by atoms with Gasteiger partial charge in [-0.2, -0.15) is 0 Å². The highest BCUT2D eigenvalue weighted by Gasteiger charge is 2.23. The fourth-order valence-corrected chi connectivity index (χ4v) is 4.08.